The van der Waals surface area contributed by atoms with Gasteiger partial charge in [-0.15, -0.1) is 0 Å². The molecule has 1 N–H and O–H groups in total. The fourth-order valence-corrected chi connectivity index (χ4v) is 5.18. The first-order chi connectivity index (χ1) is 17.7. The summed E-state index contributed by atoms with van der Waals surface area (Å²) in [7, 11) is -4.38. The van der Waals surface area contributed by atoms with Crippen molar-refractivity contribution in [2.45, 2.75) is 37.3 Å². The first-order valence-corrected chi connectivity index (χ1v) is 13.5. The van der Waals surface area contributed by atoms with E-state index in [4.69, 9.17) is 16.3 Å². The number of carbonyl (C=O) groups excluding carboxylic acids is 1. The number of nitrogens with zero attached hydrogens (tertiary/aromatic N) is 1. The van der Waals surface area contributed by atoms with Gasteiger partial charge in [-0.1, -0.05) is 62.7 Å². The third-order valence-corrected chi connectivity index (χ3v) is 7.69. The van der Waals surface area contributed by atoms with Crippen LogP contribution in [0.15, 0.2) is 77.7 Å². The predicted octanol–water partition coefficient (Wildman–Crippen LogP) is 6.05. The summed E-state index contributed by atoms with van der Waals surface area (Å²) >= 11 is 5.71. The molecular formula is C27H28ClF3N2O4S. The number of nitrogens with one attached hydrogen (secondary N) is 1. The topological polar surface area (TPSA) is 75.7 Å². The molecule has 3 rings (SSSR count). The third-order valence-electron chi connectivity index (χ3n) is 5.58. The molecule has 38 heavy (non-hydrogen) atoms. The van der Waals surface area contributed by atoms with Crippen LogP contribution in [0.4, 0.5) is 18.9 Å². The van der Waals surface area contributed by atoms with E-state index in [0.29, 0.717) is 16.1 Å². The van der Waals surface area contributed by atoms with Crippen molar-refractivity contribution in [3.8, 4) is 5.75 Å². The number of sulfonamides is 1. The van der Waals surface area contributed by atoms with Gasteiger partial charge >= 0.3 is 6.18 Å². The minimum Gasteiger partial charge on any atom is -0.492 e. The summed E-state index contributed by atoms with van der Waals surface area (Å²) in [4.78, 5) is 12.5. The molecule has 1 amide bonds. The highest BCUT2D eigenvalue weighted by molar-refractivity contribution is 7.92. The summed E-state index contributed by atoms with van der Waals surface area (Å²) in [6, 6.07) is 17.3. The molecule has 0 heterocycles. The molecule has 0 radical (unpaired) electrons. The Kier molecular flexibility index (Phi) is 8.99. The lowest BCUT2D eigenvalue weighted by atomic mass is 9.87. The van der Waals surface area contributed by atoms with Crippen molar-refractivity contribution in [2.24, 2.45) is 0 Å². The fourth-order valence-electron chi connectivity index (χ4n) is 3.52. The molecule has 0 aromatic heterocycles. The fraction of sp³-hybridized carbons (Fsp3) is 0.296. The minimum absolute atomic E-state index is 0.0105. The lowest BCUT2D eigenvalue weighted by Crippen LogP contribution is -2.42. The van der Waals surface area contributed by atoms with Crippen molar-refractivity contribution in [1.82, 2.24) is 5.32 Å². The van der Waals surface area contributed by atoms with Gasteiger partial charge in [0.25, 0.3) is 10.0 Å². The van der Waals surface area contributed by atoms with E-state index in [2.05, 4.69) is 26.1 Å². The number of ether oxygens (including phenoxy) is 1. The lowest BCUT2D eigenvalue weighted by Gasteiger charge is -2.25. The number of amides is 1. The van der Waals surface area contributed by atoms with Crippen molar-refractivity contribution in [1.29, 1.82) is 0 Å². The maximum atomic E-state index is 13.5. The van der Waals surface area contributed by atoms with E-state index in [0.717, 1.165) is 17.7 Å². The highest BCUT2D eigenvalue weighted by Gasteiger charge is 2.35. The molecule has 3 aromatic carbocycles. The Labute approximate surface area is 225 Å². The largest absolute Gasteiger partial charge is 0.492 e. The highest BCUT2D eigenvalue weighted by atomic mass is 35.5. The summed E-state index contributed by atoms with van der Waals surface area (Å²) in [6.45, 7) is 5.67. The van der Waals surface area contributed by atoms with Crippen molar-refractivity contribution in [3.05, 3.63) is 88.9 Å². The van der Waals surface area contributed by atoms with Crippen LogP contribution in [0, 0.1) is 0 Å². The third kappa shape index (κ3) is 7.41. The number of rotatable bonds is 9. The summed E-state index contributed by atoms with van der Waals surface area (Å²) in [5, 5.41) is 1.96. The monoisotopic (exact) mass is 568 g/mol. The second-order valence-corrected chi connectivity index (χ2v) is 11.7. The van der Waals surface area contributed by atoms with Crippen molar-refractivity contribution >= 4 is 33.2 Å². The molecule has 0 spiro atoms. The Morgan fingerprint density at radius 2 is 1.61 bits per heavy atom. The van der Waals surface area contributed by atoms with Crippen LogP contribution in [-0.4, -0.2) is 34.0 Å². The number of halogens is 4. The van der Waals surface area contributed by atoms with Crippen LogP contribution < -0.4 is 14.4 Å². The number of hydrogen-bond acceptors (Lipinski definition) is 4. The number of hydrogen-bond donors (Lipinski definition) is 1. The zero-order valence-electron chi connectivity index (χ0n) is 21.0. The molecule has 11 heteroatoms. The van der Waals surface area contributed by atoms with E-state index >= 15 is 0 Å². The van der Waals surface area contributed by atoms with E-state index < -0.39 is 39.2 Å². The Hall–Kier alpha value is -3.24. The van der Waals surface area contributed by atoms with Crippen LogP contribution in [0.25, 0.3) is 0 Å². The predicted molar refractivity (Wildman–Crippen MR) is 141 cm³/mol. The highest BCUT2D eigenvalue weighted by Crippen LogP contribution is 2.38. The van der Waals surface area contributed by atoms with E-state index in [-0.39, 0.29) is 29.1 Å². The molecule has 0 unspecified atom stereocenters. The lowest BCUT2D eigenvalue weighted by molar-refractivity contribution is -0.137. The molecule has 0 saturated heterocycles. The Bertz CT molecular complexity index is 1360. The van der Waals surface area contributed by atoms with Crippen LogP contribution in [0.2, 0.25) is 5.02 Å². The van der Waals surface area contributed by atoms with Crippen LogP contribution in [-0.2, 0) is 26.4 Å². The first-order valence-electron chi connectivity index (χ1n) is 11.6. The van der Waals surface area contributed by atoms with Gasteiger partial charge in [0.1, 0.15) is 18.9 Å². The summed E-state index contributed by atoms with van der Waals surface area (Å²) in [5.41, 5.74) is -0.440. The number of anilines is 1. The van der Waals surface area contributed by atoms with E-state index in [1.807, 2.05) is 24.3 Å². The Balaban J connectivity index is 1.74. The van der Waals surface area contributed by atoms with Gasteiger partial charge < -0.3 is 10.1 Å². The zero-order chi connectivity index (χ0) is 28.1. The summed E-state index contributed by atoms with van der Waals surface area (Å²) in [6.07, 6.45) is -4.82. The molecule has 0 fully saturated rings. The van der Waals surface area contributed by atoms with Crippen LogP contribution in [0.5, 0.6) is 5.75 Å². The zero-order valence-corrected chi connectivity index (χ0v) is 22.6. The molecule has 0 aliphatic heterocycles. The average Bonchev–Trinajstić information content (AvgIpc) is 2.85. The second kappa shape index (κ2) is 11.7. The number of alkyl halides is 3. The van der Waals surface area contributed by atoms with Gasteiger partial charge in [0, 0.05) is 0 Å². The summed E-state index contributed by atoms with van der Waals surface area (Å²) < 4.78 is 73.3. The van der Waals surface area contributed by atoms with Gasteiger partial charge in [0.15, 0.2) is 0 Å². The molecule has 3 aromatic rings. The molecule has 204 valence electrons. The van der Waals surface area contributed by atoms with Gasteiger partial charge in [-0.05, 0) is 53.4 Å². The smallest absolute Gasteiger partial charge is 0.417 e. The quantitative estimate of drug-likeness (QED) is 0.319. The van der Waals surface area contributed by atoms with Crippen LogP contribution >= 0.6 is 11.6 Å². The molecule has 0 aliphatic rings. The maximum Gasteiger partial charge on any atom is 0.417 e. The van der Waals surface area contributed by atoms with Crippen molar-refractivity contribution in [2.75, 3.05) is 24.0 Å². The van der Waals surface area contributed by atoms with E-state index in [1.165, 1.54) is 24.3 Å². The van der Waals surface area contributed by atoms with Gasteiger partial charge in [0.05, 0.1) is 27.7 Å². The Morgan fingerprint density at radius 3 is 2.18 bits per heavy atom. The molecular weight excluding hydrogens is 541 g/mol. The minimum atomic E-state index is -4.82. The number of benzene rings is 3. The van der Waals surface area contributed by atoms with Gasteiger partial charge in [-0.2, -0.15) is 13.2 Å². The maximum absolute atomic E-state index is 13.5. The van der Waals surface area contributed by atoms with Crippen LogP contribution in [0.1, 0.15) is 31.9 Å². The van der Waals surface area contributed by atoms with Crippen LogP contribution in [0.3, 0.4) is 0 Å². The van der Waals surface area contributed by atoms with Crippen molar-refractivity contribution < 1.29 is 31.1 Å². The first kappa shape index (κ1) is 29.3. The summed E-state index contributed by atoms with van der Waals surface area (Å²) in [5.74, 6) is -0.124. The molecule has 6 nitrogen and oxygen atoms in total. The van der Waals surface area contributed by atoms with E-state index in [1.54, 1.807) is 6.07 Å². The molecule has 0 saturated carbocycles. The van der Waals surface area contributed by atoms with Gasteiger partial charge in [-0.3, -0.25) is 9.10 Å². The standard InChI is InChI=1S/C27H28ClF3N2O4S/c1-26(2,3)19-9-12-21(13-10-19)37-16-15-32-25(34)18-33(38(35,36)22-7-5-4-6-8-22)20-11-14-24(28)23(17-20)27(29,30)31/h4-14,17H,15-16,18H2,1-3H3,(H,32,34). The molecule has 0 bridgehead atoms. The van der Waals surface area contributed by atoms with Crippen molar-refractivity contribution in [3.63, 3.8) is 0 Å². The molecule has 0 aliphatic carbocycles. The second-order valence-electron chi connectivity index (χ2n) is 9.46. The average molecular weight is 569 g/mol. The van der Waals surface area contributed by atoms with Gasteiger partial charge in [0.2, 0.25) is 5.91 Å². The SMILES string of the molecule is CC(C)(C)c1ccc(OCCNC(=O)CN(c2ccc(Cl)c(C(F)(F)F)c2)S(=O)(=O)c2ccccc2)cc1. The number of carbonyl (C=O) groups is 1. The van der Waals surface area contributed by atoms with Gasteiger partial charge in [-0.25, -0.2) is 8.42 Å². The van der Waals surface area contributed by atoms with E-state index in [9.17, 15) is 26.4 Å². The Morgan fingerprint density at radius 1 is 0.974 bits per heavy atom. The molecule has 0 atom stereocenters. The normalized spacial score (nSPS) is 12.2.